The summed E-state index contributed by atoms with van der Waals surface area (Å²) in [5.74, 6) is -1.44. The van der Waals surface area contributed by atoms with Crippen molar-refractivity contribution in [3.8, 4) is 0 Å². The van der Waals surface area contributed by atoms with Crippen molar-refractivity contribution < 1.29 is 18.3 Å². The Hall–Kier alpha value is -2.47. The van der Waals surface area contributed by atoms with Crippen LogP contribution in [0.25, 0.3) is 0 Å². The van der Waals surface area contributed by atoms with Gasteiger partial charge in [0.25, 0.3) is 0 Å². The Kier molecular flexibility index (Phi) is 5.81. The maximum absolute atomic E-state index is 13.9. The summed E-state index contributed by atoms with van der Waals surface area (Å²) in [5.41, 5.74) is 2.59. The summed E-state index contributed by atoms with van der Waals surface area (Å²) in [4.78, 5) is 16.9. The van der Waals surface area contributed by atoms with E-state index in [9.17, 15) is 13.6 Å². The fourth-order valence-electron chi connectivity index (χ4n) is 4.31. The first-order valence-corrected chi connectivity index (χ1v) is 10.2. The summed E-state index contributed by atoms with van der Waals surface area (Å²) in [7, 11) is 2.10. The standard InChI is InChI=1S/C23H26F2N2O2/c1-26-11-8-16(9-12-26)15-29-23(28)27-13-10-17-4-2-3-5-19(17)22(27)18-6-7-20(24)21(25)14-18/h2-7,14,16,22H,8-13,15H2,1H3/t22-/m1/s1. The molecule has 0 N–H and O–H groups in total. The van der Waals surface area contributed by atoms with E-state index in [2.05, 4.69) is 11.9 Å². The number of nitrogens with zero attached hydrogens (tertiary/aromatic N) is 2. The van der Waals surface area contributed by atoms with Crippen molar-refractivity contribution in [1.29, 1.82) is 0 Å². The lowest BCUT2D eigenvalue weighted by Crippen LogP contribution is -2.42. The summed E-state index contributed by atoms with van der Waals surface area (Å²) in [6.45, 7) is 2.90. The molecule has 0 spiro atoms. The SMILES string of the molecule is CN1CCC(COC(=O)N2CCc3ccccc3[C@H]2c2ccc(F)c(F)c2)CC1. The highest BCUT2D eigenvalue weighted by Crippen LogP contribution is 2.36. The molecule has 6 heteroatoms. The molecule has 1 fully saturated rings. The summed E-state index contributed by atoms with van der Waals surface area (Å²) in [6, 6.07) is 11.2. The van der Waals surface area contributed by atoms with Gasteiger partial charge in [0, 0.05) is 6.54 Å². The van der Waals surface area contributed by atoms with E-state index < -0.39 is 23.8 Å². The van der Waals surface area contributed by atoms with E-state index in [1.807, 2.05) is 24.3 Å². The first-order valence-electron chi connectivity index (χ1n) is 10.2. The van der Waals surface area contributed by atoms with Crippen LogP contribution in [0.1, 0.15) is 35.6 Å². The Morgan fingerprint density at radius 3 is 2.59 bits per heavy atom. The number of benzene rings is 2. The molecule has 0 aliphatic carbocycles. The van der Waals surface area contributed by atoms with Gasteiger partial charge in [0.2, 0.25) is 0 Å². The van der Waals surface area contributed by atoms with Gasteiger partial charge in [-0.2, -0.15) is 0 Å². The first kappa shape index (κ1) is 19.8. The fourth-order valence-corrected chi connectivity index (χ4v) is 4.31. The third kappa shape index (κ3) is 4.27. The molecule has 2 aromatic carbocycles. The summed E-state index contributed by atoms with van der Waals surface area (Å²) >= 11 is 0. The highest BCUT2D eigenvalue weighted by molar-refractivity contribution is 5.70. The van der Waals surface area contributed by atoms with E-state index in [0.29, 0.717) is 31.1 Å². The number of carbonyl (C=O) groups is 1. The van der Waals surface area contributed by atoms with Crippen LogP contribution in [0, 0.1) is 17.6 Å². The van der Waals surface area contributed by atoms with Crippen LogP contribution in [0.4, 0.5) is 13.6 Å². The first-order chi connectivity index (χ1) is 14.0. The molecule has 154 valence electrons. The van der Waals surface area contributed by atoms with Crippen LogP contribution in [0.5, 0.6) is 0 Å². The number of carbonyl (C=O) groups excluding carboxylic acids is 1. The van der Waals surface area contributed by atoms with E-state index in [1.165, 1.54) is 6.07 Å². The molecule has 0 saturated carbocycles. The number of amides is 1. The highest BCUT2D eigenvalue weighted by Gasteiger charge is 2.33. The van der Waals surface area contributed by atoms with Crippen molar-refractivity contribution in [2.45, 2.75) is 25.3 Å². The Balaban J connectivity index is 1.56. The Morgan fingerprint density at radius 1 is 1.07 bits per heavy atom. The van der Waals surface area contributed by atoms with Crippen LogP contribution < -0.4 is 0 Å². The molecule has 1 amide bonds. The van der Waals surface area contributed by atoms with Gasteiger partial charge in [-0.05, 0) is 74.1 Å². The minimum atomic E-state index is -0.912. The molecule has 2 aliphatic heterocycles. The zero-order valence-electron chi connectivity index (χ0n) is 16.6. The van der Waals surface area contributed by atoms with Gasteiger partial charge in [-0.25, -0.2) is 13.6 Å². The van der Waals surface area contributed by atoms with E-state index >= 15 is 0 Å². The monoisotopic (exact) mass is 400 g/mol. The highest BCUT2D eigenvalue weighted by atomic mass is 19.2. The molecule has 1 atom stereocenters. The van der Waals surface area contributed by atoms with E-state index in [4.69, 9.17) is 4.74 Å². The summed E-state index contributed by atoms with van der Waals surface area (Å²) in [6.07, 6.45) is 2.34. The van der Waals surface area contributed by atoms with Crippen LogP contribution >= 0.6 is 0 Å². The third-order valence-electron chi connectivity index (χ3n) is 6.06. The minimum absolute atomic E-state index is 0.369. The Bertz CT molecular complexity index is 881. The van der Waals surface area contributed by atoms with Crippen molar-refractivity contribution >= 4 is 6.09 Å². The van der Waals surface area contributed by atoms with Gasteiger partial charge in [0.05, 0.1) is 12.6 Å². The molecule has 2 aromatic rings. The lowest BCUT2D eigenvalue weighted by Gasteiger charge is -2.37. The third-order valence-corrected chi connectivity index (χ3v) is 6.06. The molecular formula is C23H26F2N2O2. The second-order valence-electron chi connectivity index (χ2n) is 8.04. The molecule has 4 rings (SSSR count). The largest absolute Gasteiger partial charge is 0.449 e. The molecule has 2 aliphatic rings. The minimum Gasteiger partial charge on any atom is -0.449 e. The van der Waals surface area contributed by atoms with Crippen LogP contribution in [0.3, 0.4) is 0 Å². The van der Waals surface area contributed by atoms with Crippen LogP contribution in [0.15, 0.2) is 42.5 Å². The summed E-state index contributed by atoms with van der Waals surface area (Å²) in [5, 5.41) is 0. The smallest absolute Gasteiger partial charge is 0.410 e. The van der Waals surface area contributed by atoms with Gasteiger partial charge in [-0.3, -0.25) is 4.90 Å². The number of hydrogen-bond acceptors (Lipinski definition) is 3. The van der Waals surface area contributed by atoms with Gasteiger partial charge < -0.3 is 9.64 Å². The molecule has 29 heavy (non-hydrogen) atoms. The maximum atomic E-state index is 13.9. The number of rotatable bonds is 3. The predicted octanol–water partition coefficient (Wildman–Crippen LogP) is 4.39. The number of piperidine rings is 1. The number of ether oxygens (including phenoxy) is 1. The van der Waals surface area contributed by atoms with Gasteiger partial charge >= 0.3 is 6.09 Å². The predicted molar refractivity (Wildman–Crippen MR) is 107 cm³/mol. The number of hydrogen-bond donors (Lipinski definition) is 0. The fraction of sp³-hybridized carbons (Fsp3) is 0.435. The molecule has 0 aromatic heterocycles. The normalized spacial score (nSPS) is 20.4. The van der Waals surface area contributed by atoms with Crippen molar-refractivity contribution in [3.05, 3.63) is 70.8 Å². The molecule has 1 saturated heterocycles. The average Bonchev–Trinajstić information content (AvgIpc) is 2.74. The molecule has 4 nitrogen and oxygen atoms in total. The molecule has 2 heterocycles. The van der Waals surface area contributed by atoms with Gasteiger partial charge in [0.1, 0.15) is 0 Å². The molecule has 0 radical (unpaired) electrons. The van der Waals surface area contributed by atoms with Crippen LogP contribution in [0.2, 0.25) is 0 Å². The second-order valence-corrected chi connectivity index (χ2v) is 8.04. The molecule has 0 bridgehead atoms. The topological polar surface area (TPSA) is 32.8 Å². The maximum Gasteiger partial charge on any atom is 0.410 e. The Labute approximate surface area is 170 Å². The van der Waals surface area contributed by atoms with Crippen LogP contribution in [-0.2, 0) is 11.2 Å². The summed E-state index contributed by atoms with van der Waals surface area (Å²) < 4.78 is 33.1. The van der Waals surface area contributed by atoms with Gasteiger partial charge in [-0.1, -0.05) is 30.3 Å². The van der Waals surface area contributed by atoms with Gasteiger partial charge in [0.15, 0.2) is 11.6 Å². The van der Waals surface area contributed by atoms with E-state index in [0.717, 1.165) is 43.1 Å². The van der Waals surface area contributed by atoms with E-state index in [1.54, 1.807) is 11.0 Å². The molecular weight excluding hydrogens is 374 g/mol. The zero-order valence-corrected chi connectivity index (χ0v) is 16.6. The quantitative estimate of drug-likeness (QED) is 0.766. The van der Waals surface area contributed by atoms with Crippen molar-refractivity contribution in [2.24, 2.45) is 5.92 Å². The van der Waals surface area contributed by atoms with Crippen LogP contribution in [-0.4, -0.2) is 49.2 Å². The lowest BCUT2D eigenvalue weighted by atomic mass is 9.88. The lowest BCUT2D eigenvalue weighted by molar-refractivity contribution is 0.0638. The van der Waals surface area contributed by atoms with Crippen molar-refractivity contribution in [3.63, 3.8) is 0 Å². The Morgan fingerprint density at radius 2 is 1.83 bits per heavy atom. The van der Waals surface area contributed by atoms with Crippen molar-refractivity contribution in [2.75, 3.05) is 33.3 Å². The van der Waals surface area contributed by atoms with E-state index in [-0.39, 0.29) is 0 Å². The number of likely N-dealkylation sites (tertiary alicyclic amines) is 1. The average molecular weight is 400 g/mol. The molecule has 0 unspecified atom stereocenters. The van der Waals surface area contributed by atoms with Gasteiger partial charge in [-0.15, -0.1) is 0 Å². The number of fused-ring (bicyclic) bond motifs is 1. The number of halogens is 2. The zero-order chi connectivity index (χ0) is 20.4. The van der Waals surface area contributed by atoms with Crippen molar-refractivity contribution in [1.82, 2.24) is 9.80 Å². The second kappa shape index (κ2) is 8.49.